The van der Waals surface area contributed by atoms with E-state index in [2.05, 4.69) is 0 Å². The molecular formula is C6H7ClOS. The van der Waals surface area contributed by atoms with Crippen LogP contribution < -0.4 is 4.74 Å². The predicted molar refractivity (Wildman–Crippen MR) is 40.5 cm³/mol. The zero-order valence-corrected chi connectivity index (χ0v) is 6.41. The molecule has 0 aliphatic heterocycles. The summed E-state index contributed by atoms with van der Waals surface area (Å²) in [7, 11) is 0. The second-order valence-electron chi connectivity index (χ2n) is 1.50. The molecule has 0 unspecified atom stereocenters. The van der Waals surface area contributed by atoms with Crippen LogP contribution in [0.5, 0.6) is 5.75 Å². The van der Waals surface area contributed by atoms with E-state index in [9.17, 15) is 0 Å². The molecule has 0 aliphatic carbocycles. The Hall–Kier alpha value is -0.210. The van der Waals surface area contributed by atoms with Gasteiger partial charge in [-0.25, -0.2) is 0 Å². The Morgan fingerprint density at radius 2 is 2.56 bits per heavy atom. The number of halogens is 1. The standard InChI is InChI=1S/C6H7ClOS/c7-2-3-8-6-1-4-9-5-6/h1,4-5H,2-3H2. The number of alkyl halides is 1. The van der Waals surface area contributed by atoms with E-state index >= 15 is 0 Å². The van der Waals surface area contributed by atoms with Crippen molar-refractivity contribution in [2.45, 2.75) is 0 Å². The molecule has 0 saturated carbocycles. The van der Waals surface area contributed by atoms with E-state index in [1.807, 2.05) is 16.8 Å². The molecule has 1 rings (SSSR count). The van der Waals surface area contributed by atoms with Gasteiger partial charge in [-0.3, -0.25) is 0 Å². The van der Waals surface area contributed by atoms with Gasteiger partial charge < -0.3 is 4.74 Å². The SMILES string of the molecule is ClCCOc1ccsc1. The van der Waals surface area contributed by atoms with E-state index in [0.29, 0.717) is 12.5 Å². The topological polar surface area (TPSA) is 9.23 Å². The van der Waals surface area contributed by atoms with E-state index in [-0.39, 0.29) is 0 Å². The van der Waals surface area contributed by atoms with E-state index < -0.39 is 0 Å². The van der Waals surface area contributed by atoms with Gasteiger partial charge in [-0.2, -0.15) is 0 Å². The summed E-state index contributed by atoms with van der Waals surface area (Å²) in [6.45, 7) is 0.596. The third-order valence-electron chi connectivity index (χ3n) is 0.841. The summed E-state index contributed by atoms with van der Waals surface area (Å²) in [6, 6.07) is 1.93. The predicted octanol–water partition coefficient (Wildman–Crippen LogP) is 2.37. The van der Waals surface area contributed by atoms with Gasteiger partial charge in [0, 0.05) is 5.38 Å². The molecule has 0 spiro atoms. The van der Waals surface area contributed by atoms with Crippen LogP contribution in [0.3, 0.4) is 0 Å². The number of thiophene rings is 1. The molecule has 0 aromatic carbocycles. The molecule has 0 amide bonds. The molecule has 0 fully saturated rings. The van der Waals surface area contributed by atoms with E-state index in [1.165, 1.54) is 0 Å². The summed E-state index contributed by atoms with van der Waals surface area (Å²) in [5.41, 5.74) is 0. The third-order valence-corrected chi connectivity index (χ3v) is 1.66. The minimum Gasteiger partial charge on any atom is -0.491 e. The fourth-order valence-corrected chi connectivity index (χ4v) is 1.14. The van der Waals surface area contributed by atoms with Gasteiger partial charge in [0.1, 0.15) is 12.4 Å². The average molecular weight is 163 g/mol. The van der Waals surface area contributed by atoms with Crippen LogP contribution in [-0.4, -0.2) is 12.5 Å². The summed E-state index contributed by atoms with van der Waals surface area (Å²) in [5, 5.41) is 3.93. The monoisotopic (exact) mass is 162 g/mol. The van der Waals surface area contributed by atoms with E-state index in [0.717, 1.165) is 5.75 Å². The van der Waals surface area contributed by atoms with Crippen LogP contribution in [0.2, 0.25) is 0 Å². The lowest BCUT2D eigenvalue weighted by Gasteiger charge is -1.96. The highest BCUT2D eigenvalue weighted by atomic mass is 35.5. The summed E-state index contributed by atoms with van der Waals surface area (Å²) < 4.78 is 5.17. The van der Waals surface area contributed by atoms with Crippen molar-refractivity contribution in [3.63, 3.8) is 0 Å². The Balaban J connectivity index is 2.30. The van der Waals surface area contributed by atoms with Gasteiger partial charge in [0.2, 0.25) is 0 Å². The highest BCUT2D eigenvalue weighted by Gasteiger charge is 1.89. The molecule has 1 aromatic rings. The normalized spacial score (nSPS) is 9.44. The Kier molecular flexibility index (Phi) is 2.87. The summed E-state index contributed by atoms with van der Waals surface area (Å²) >= 11 is 7.02. The molecule has 0 saturated heterocycles. The number of rotatable bonds is 3. The van der Waals surface area contributed by atoms with Crippen molar-refractivity contribution in [2.75, 3.05) is 12.5 Å². The fourth-order valence-electron chi connectivity index (χ4n) is 0.491. The first kappa shape index (κ1) is 6.90. The Morgan fingerprint density at radius 1 is 1.67 bits per heavy atom. The van der Waals surface area contributed by atoms with Crippen LogP contribution in [0.4, 0.5) is 0 Å². The van der Waals surface area contributed by atoms with Gasteiger partial charge in [-0.15, -0.1) is 22.9 Å². The first-order valence-corrected chi connectivity index (χ1v) is 4.12. The molecule has 9 heavy (non-hydrogen) atoms. The van der Waals surface area contributed by atoms with Crippen molar-refractivity contribution in [2.24, 2.45) is 0 Å². The average Bonchev–Trinajstić information content (AvgIpc) is 2.34. The van der Waals surface area contributed by atoms with Gasteiger partial charge in [-0.1, -0.05) is 0 Å². The van der Waals surface area contributed by atoms with Crippen molar-refractivity contribution in [3.05, 3.63) is 16.8 Å². The summed E-state index contributed by atoms with van der Waals surface area (Å²) in [4.78, 5) is 0. The molecular weight excluding hydrogens is 156 g/mol. The van der Waals surface area contributed by atoms with E-state index in [4.69, 9.17) is 16.3 Å². The molecule has 1 aromatic heterocycles. The van der Waals surface area contributed by atoms with Crippen molar-refractivity contribution >= 4 is 22.9 Å². The van der Waals surface area contributed by atoms with Crippen LogP contribution in [0.1, 0.15) is 0 Å². The Labute approximate surface area is 63.2 Å². The lowest BCUT2D eigenvalue weighted by molar-refractivity contribution is 0.344. The van der Waals surface area contributed by atoms with Crippen molar-refractivity contribution < 1.29 is 4.74 Å². The molecule has 1 heterocycles. The minimum absolute atomic E-state index is 0.551. The van der Waals surface area contributed by atoms with Gasteiger partial charge in [0.15, 0.2) is 0 Å². The van der Waals surface area contributed by atoms with Crippen molar-refractivity contribution in [3.8, 4) is 5.75 Å². The molecule has 50 valence electrons. The summed E-state index contributed by atoms with van der Waals surface area (Å²) in [5.74, 6) is 1.47. The summed E-state index contributed by atoms with van der Waals surface area (Å²) in [6.07, 6.45) is 0. The smallest absolute Gasteiger partial charge is 0.130 e. The molecule has 0 radical (unpaired) electrons. The first-order valence-electron chi connectivity index (χ1n) is 2.64. The molecule has 0 N–H and O–H groups in total. The first-order chi connectivity index (χ1) is 4.43. The number of hydrogen-bond donors (Lipinski definition) is 0. The molecule has 0 aliphatic rings. The van der Waals surface area contributed by atoms with Crippen molar-refractivity contribution in [1.29, 1.82) is 0 Å². The van der Waals surface area contributed by atoms with Crippen LogP contribution in [0.15, 0.2) is 16.8 Å². The maximum atomic E-state index is 5.40. The number of hydrogen-bond acceptors (Lipinski definition) is 2. The molecule has 3 heteroatoms. The zero-order chi connectivity index (χ0) is 6.53. The maximum Gasteiger partial charge on any atom is 0.130 e. The lowest BCUT2D eigenvalue weighted by atomic mass is 10.6. The number of ether oxygens (including phenoxy) is 1. The fraction of sp³-hybridized carbons (Fsp3) is 0.333. The van der Waals surface area contributed by atoms with Crippen LogP contribution in [0.25, 0.3) is 0 Å². The van der Waals surface area contributed by atoms with Gasteiger partial charge in [0.25, 0.3) is 0 Å². The lowest BCUT2D eigenvalue weighted by Crippen LogP contribution is -1.95. The Morgan fingerprint density at radius 3 is 3.11 bits per heavy atom. The zero-order valence-electron chi connectivity index (χ0n) is 4.84. The molecule has 0 bridgehead atoms. The Bertz CT molecular complexity index is 150. The highest BCUT2D eigenvalue weighted by molar-refractivity contribution is 7.08. The minimum atomic E-state index is 0.551. The second-order valence-corrected chi connectivity index (χ2v) is 2.65. The van der Waals surface area contributed by atoms with Gasteiger partial charge in [-0.05, 0) is 11.4 Å². The molecule has 0 atom stereocenters. The van der Waals surface area contributed by atoms with Gasteiger partial charge >= 0.3 is 0 Å². The van der Waals surface area contributed by atoms with Crippen LogP contribution in [-0.2, 0) is 0 Å². The van der Waals surface area contributed by atoms with Crippen molar-refractivity contribution in [1.82, 2.24) is 0 Å². The highest BCUT2D eigenvalue weighted by Crippen LogP contribution is 2.14. The van der Waals surface area contributed by atoms with Crippen LogP contribution in [0, 0.1) is 0 Å². The van der Waals surface area contributed by atoms with Crippen LogP contribution >= 0.6 is 22.9 Å². The van der Waals surface area contributed by atoms with E-state index in [1.54, 1.807) is 11.3 Å². The third kappa shape index (κ3) is 2.24. The maximum absolute atomic E-state index is 5.40. The van der Waals surface area contributed by atoms with Gasteiger partial charge in [0.05, 0.1) is 5.88 Å². The quantitative estimate of drug-likeness (QED) is 0.621. The second kappa shape index (κ2) is 3.75. The molecule has 1 nitrogen and oxygen atoms in total. The largest absolute Gasteiger partial charge is 0.491 e.